The molecule has 0 saturated heterocycles. The molecule has 0 spiro atoms. The van der Waals surface area contributed by atoms with E-state index in [0.29, 0.717) is 11.6 Å². The van der Waals surface area contributed by atoms with Gasteiger partial charge in [-0.15, -0.1) is 10.2 Å². The predicted molar refractivity (Wildman–Crippen MR) is 100 cm³/mol. The molecule has 27 heavy (non-hydrogen) atoms. The Bertz CT molecular complexity index is 959. The lowest BCUT2D eigenvalue weighted by Crippen LogP contribution is -2.18. The standard InChI is InChI=1S/C21H22FN5/c22-17-5-3-11-24-20(17)14-7-9-15(10-8-14)21-26-25-19-13-23-12-16-4-1-2-6-18(16)27(19)21/h1-6,11,14-15,23H,7-10,12-13H2. The van der Waals surface area contributed by atoms with E-state index in [1.165, 1.54) is 17.3 Å². The fraction of sp³-hybridized carbons (Fsp3) is 0.381. The number of hydrogen-bond acceptors (Lipinski definition) is 4. The summed E-state index contributed by atoms with van der Waals surface area (Å²) in [7, 11) is 0. The summed E-state index contributed by atoms with van der Waals surface area (Å²) in [6.45, 7) is 1.56. The average molecular weight is 363 g/mol. The van der Waals surface area contributed by atoms with E-state index in [9.17, 15) is 4.39 Å². The molecule has 2 aromatic heterocycles. The predicted octanol–water partition coefficient (Wildman–Crippen LogP) is 3.85. The van der Waals surface area contributed by atoms with E-state index in [2.05, 4.69) is 49.3 Å². The first-order chi connectivity index (χ1) is 13.3. The normalized spacial score (nSPS) is 22.0. The summed E-state index contributed by atoms with van der Waals surface area (Å²) in [5, 5.41) is 12.5. The van der Waals surface area contributed by atoms with Gasteiger partial charge in [-0.05, 0) is 49.4 Å². The first kappa shape index (κ1) is 16.6. The molecular formula is C21H22FN5. The van der Waals surface area contributed by atoms with Crippen molar-refractivity contribution >= 4 is 0 Å². The molecule has 5 rings (SSSR count). The van der Waals surface area contributed by atoms with Crippen LogP contribution < -0.4 is 5.32 Å². The number of para-hydroxylation sites is 1. The van der Waals surface area contributed by atoms with Crippen molar-refractivity contribution in [1.82, 2.24) is 25.1 Å². The molecule has 0 atom stereocenters. The molecule has 1 saturated carbocycles. The number of aromatic nitrogens is 4. The van der Waals surface area contributed by atoms with Crippen molar-refractivity contribution in [1.29, 1.82) is 0 Å². The minimum Gasteiger partial charge on any atom is -0.306 e. The molecule has 1 aromatic carbocycles. The van der Waals surface area contributed by atoms with Crippen LogP contribution in [0, 0.1) is 5.82 Å². The Balaban J connectivity index is 1.43. The molecule has 2 aliphatic rings. The maximum absolute atomic E-state index is 14.1. The number of hydrogen-bond donors (Lipinski definition) is 1. The largest absolute Gasteiger partial charge is 0.306 e. The molecule has 1 aliphatic heterocycles. The van der Waals surface area contributed by atoms with Gasteiger partial charge in [-0.3, -0.25) is 9.55 Å². The van der Waals surface area contributed by atoms with Crippen LogP contribution in [-0.2, 0) is 13.1 Å². The van der Waals surface area contributed by atoms with Crippen LogP contribution in [0.1, 0.15) is 60.4 Å². The van der Waals surface area contributed by atoms with Crippen LogP contribution in [0.5, 0.6) is 0 Å². The fourth-order valence-electron chi connectivity index (χ4n) is 4.48. The monoisotopic (exact) mass is 363 g/mol. The Morgan fingerprint density at radius 3 is 2.59 bits per heavy atom. The lowest BCUT2D eigenvalue weighted by Gasteiger charge is -2.28. The zero-order chi connectivity index (χ0) is 18.2. The fourth-order valence-corrected chi connectivity index (χ4v) is 4.48. The number of halogens is 1. The molecule has 0 amide bonds. The molecule has 0 unspecified atom stereocenters. The van der Waals surface area contributed by atoms with Crippen molar-refractivity contribution in [3.05, 3.63) is 71.3 Å². The van der Waals surface area contributed by atoms with E-state index in [-0.39, 0.29) is 11.7 Å². The summed E-state index contributed by atoms with van der Waals surface area (Å²) in [6.07, 6.45) is 5.51. The second-order valence-corrected chi connectivity index (χ2v) is 7.46. The van der Waals surface area contributed by atoms with Gasteiger partial charge in [0, 0.05) is 24.6 Å². The van der Waals surface area contributed by atoms with Crippen molar-refractivity contribution in [2.75, 3.05) is 0 Å². The Morgan fingerprint density at radius 2 is 1.74 bits per heavy atom. The Labute approximate surface area is 157 Å². The third-order valence-corrected chi connectivity index (χ3v) is 5.85. The van der Waals surface area contributed by atoms with E-state index in [4.69, 9.17) is 0 Å². The Morgan fingerprint density at radius 1 is 0.926 bits per heavy atom. The molecule has 3 heterocycles. The van der Waals surface area contributed by atoms with Crippen molar-refractivity contribution in [2.24, 2.45) is 0 Å². The number of pyridine rings is 1. The molecular weight excluding hydrogens is 341 g/mol. The van der Waals surface area contributed by atoms with E-state index in [1.807, 2.05) is 0 Å². The number of benzene rings is 1. The molecule has 1 fully saturated rings. The van der Waals surface area contributed by atoms with Gasteiger partial charge in [0.15, 0.2) is 5.82 Å². The maximum atomic E-state index is 14.1. The third-order valence-electron chi connectivity index (χ3n) is 5.85. The molecule has 5 nitrogen and oxygen atoms in total. The number of fused-ring (bicyclic) bond motifs is 3. The van der Waals surface area contributed by atoms with Gasteiger partial charge in [-0.1, -0.05) is 18.2 Å². The summed E-state index contributed by atoms with van der Waals surface area (Å²) in [5.41, 5.74) is 3.06. The molecule has 1 N–H and O–H groups in total. The SMILES string of the molecule is Fc1cccnc1C1CCC(c2nnc3n2-c2ccccc2CNC3)CC1. The van der Waals surface area contributed by atoms with Crippen molar-refractivity contribution in [3.8, 4) is 5.69 Å². The van der Waals surface area contributed by atoms with Crippen LogP contribution in [0.25, 0.3) is 5.69 Å². The van der Waals surface area contributed by atoms with Crippen LogP contribution in [0.2, 0.25) is 0 Å². The highest BCUT2D eigenvalue weighted by atomic mass is 19.1. The van der Waals surface area contributed by atoms with Crippen LogP contribution in [0.4, 0.5) is 4.39 Å². The van der Waals surface area contributed by atoms with Gasteiger partial charge < -0.3 is 5.32 Å². The van der Waals surface area contributed by atoms with E-state index < -0.39 is 0 Å². The zero-order valence-corrected chi connectivity index (χ0v) is 15.1. The lowest BCUT2D eigenvalue weighted by atomic mass is 9.79. The second kappa shape index (κ2) is 6.85. The minimum atomic E-state index is -0.183. The third kappa shape index (κ3) is 2.94. The van der Waals surface area contributed by atoms with Crippen LogP contribution in [0.15, 0.2) is 42.6 Å². The summed E-state index contributed by atoms with van der Waals surface area (Å²) in [4.78, 5) is 4.29. The zero-order valence-electron chi connectivity index (χ0n) is 15.1. The summed E-state index contributed by atoms with van der Waals surface area (Å²) in [5.74, 6) is 2.37. The highest BCUT2D eigenvalue weighted by molar-refractivity contribution is 5.44. The average Bonchev–Trinajstić information content (AvgIpc) is 3.04. The van der Waals surface area contributed by atoms with E-state index in [1.54, 1.807) is 12.3 Å². The first-order valence-electron chi connectivity index (χ1n) is 9.65. The van der Waals surface area contributed by atoms with Gasteiger partial charge in [0.05, 0.1) is 17.9 Å². The smallest absolute Gasteiger partial charge is 0.151 e. The van der Waals surface area contributed by atoms with Crippen molar-refractivity contribution in [2.45, 2.75) is 50.6 Å². The Hall–Kier alpha value is -2.60. The summed E-state index contributed by atoms with van der Waals surface area (Å²) >= 11 is 0. The molecule has 0 bridgehead atoms. The van der Waals surface area contributed by atoms with Gasteiger partial charge in [-0.25, -0.2) is 4.39 Å². The topological polar surface area (TPSA) is 55.6 Å². The van der Waals surface area contributed by atoms with Gasteiger partial charge in [0.25, 0.3) is 0 Å². The van der Waals surface area contributed by atoms with Crippen LogP contribution >= 0.6 is 0 Å². The summed E-state index contributed by atoms with van der Waals surface area (Å²) < 4.78 is 16.3. The van der Waals surface area contributed by atoms with Crippen molar-refractivity contribution in [3.63, 3.8) is 0 Å². The van der Waals surface area contributed by atoms with E-state index in [0.717, 1.165) is 50.4 Å². The van der Waals surface area contributed by atoms with Crippen LogP contribution in [0.3, 0.4) is 0 Å². The highest BCUT2D eigenvalue weighted by Crippen LogP contribution is 2.41. The minimum absolute atomic E-state index is 0.183. The molecule has 138 valence electrons. The highest BCUT2D eigenvalue weighted by Gasteiger charge is 2.30. The van der Waals surface area contributed by atoms with Gasteiger partial charge >= 0.3 is 0 Å². The lowest BCUT2D eigenvalue weighted by molar-refractivity contribution is 0.368. The maximum Gasteiger partial charge on any atom is 0.151 e. The number of nitrogens with zero attached hydrogens (tertiary/aromatic N) is 4. The van der Waals surface area contributed by atoms with Crippen LogP contribution in [-0.4, -0.2) is 19.7 Å². The van der Waals surface area contributed by atoms with Crippen molar-refractivity contribution < 1.29 is 4.39 Å². The quantitative estimate of drug-likeness (QED) is 0.751. The Kier molecular flexibility index (Phi) is 4.20. The molecule has 1 aliphatic carbocycles. The summed E-state index contributed by atoms with van der Waals surface area (Å²) in [6, 6.07) is 11.6. The molecule has 6 heteroatoms. The molecule has 0 radical (unpaired) electrons. The number of nitrogens with one attached hydrogen (secondary N) is 1. The molecule has 3 aromatic rings. The van der Waals surface area contributed by atoms with E-state index >= 15 is 0 Å². The second-order valence-electron chi connectivity index (χ2n) is 7.46. The van der Waals surface area contributed by atoms with Gasteiger partial charge in [0.1, 0.15) is 11.6 Å². The first-order valence-corrected chi connectivity index (χ1v) is 9.65. The van der Waals surface area contributed by atoms with Gasteiger partial charge in [-0.2, -0.15) is 0 Å². The van der Waals surface area contributed by atoms with Gasteiger partial charge in [0.2, 0.25) is 0 Å². The number of rotatable bonds is 2.